The molecule has 2 aliphatic rings. The molecule has 2 aliphatic carbocycles. The maximum Gasteiger partial charge on any atom is 0.306 e. The molecule has 0 heterocycles. The summed E-state index contributed by atoms with van der Waals surface area (Å²) in [5, 5.41) is 19.8. The molecule has 5 atom stereocenters. The number of hydrogen-bond acceptors (Lipinski definition) is 2. The quantitative estimate of drug-likeness (QED) is 0.779. The number of carbonyl (C=O) groups is 1. The molecule has 2 fully saturated rings. The molecule has 0 aromatic rings. The second kappa shape index (κ2) is 4.27. The van der Waals surface area contributed by atoms with Gasteiger partial charge in [-0.25, -0.2) is 0 Å². The third-order valence-electron chi connectivity index (χ3n) is 5.17. The Morgan fingerprint density at radius 3 is 2.47 bits per heavy atom. The second-order valence-electron chi connectivity index (χ2n) is 6.51. The average Bonchev–Trinajstić information content (AvgIpc) is 2.62. The zero-order chi connectivity index (χ0) is 12.8. The standard InChI is InChI=1S/C14H24O3/c1-8(2)9-6-7-14(3,17)11-5-4-10(12(9)11)13(15)16/h8-12,17H,4-7H2,1-3H3,(H,15,16)/t9-,10-,11+,12+,14+/m0/s1. The number of hydrogen-bond donors (Lipinski definition) is 2. The van der Waals surface area contributed by atoms with Gasteiger partial charge in [-0.05, 0) is 56.3 Å². The molecular formula is C14H24O3. The fraction of sp³-hybridized carbons (Fsp3) is 0.929. The van der Waals surface area contributed by atoms with Gasteiger partial charge < -0.3 is 10.2 Å². The Bertz CT molecular complexity index is 309. The van der Waals surface area contributed by atoms with E-state index in [0.717, 1.165) is 25.7 Å². The molecule has 2 rings (SSSR count). The van der Waals surface area contributed by atoms with Crippen LogP contribution in [0, 0.1) is 29.6 Å². The summed E-state index contributed by atoms with van der Waals surface area (Å²) in [7, 11) is 0. The average molecular weight is 240 g/mol. The first-order chi connectivity index (χ1) is 7.84. The van der Waals surface area contributed by atoms with Gasteiger partial charge in [0.05, 0.1) is 11.5 Å². The van der Waals surface area contributed by atoms with Gasteiger partial charge in [-0.1, -0.05) is 13.8 Å². The smallest absolute Gasteiger partial charge is 0.306 e. The summed E-state index contributed by atoms with van der Waals surface area (Å²) in [6, 6.07) is 0. The minimum Gasteiger partial charge on any atom is -0.481 e. The molecule has 17 heavy (non-hydrogen) atoms. The first-order valence-electron chi connectivity index (χ1n) is 6.80. The first kappa shape index (κ1) is 12.9. The van der Waals surface area contributed by atoms with Crippen molar-refractivity contribution in [3.8, 4) is 0 Å². The first-order valence-corrected chi connectivity index (χ1v) is 6.80. The zero-order valence-corrected chi connectivity index (χ0v) is 11.0. The molecule has 0 aromatic carbocycles. The van der Waals surface area contributed by atoms with Crippen molar-refractivity contribution in [1.29, 1.82) is 0 Å². The topological polar surface area (TPSA) is 57.5 Å². The van der Waals surface area contributed by atoms with E-state index in [-0.39, 0.29) is 17.8 Å². The van der Waals surface area contributed by atoms with Crippen LogP contribution in [0.5, 0.6) is 0 Å². The van der Waals surface area contributed by atoms with Gasteiger partial charge in [0.25, 0.3) is 0 Å². The summed E-state index contributed by atoms with van der Waals surface area (Å²) < 4.78 is 0. The molecule has 0 unspecified atom stereocenters. The van der Waals surface area contributed by atoms with E-state index in [1.54, 1.807) is 0 Å². The Morgan fingerprint density at radius 2 is 1.94 bits per heavy atom. The highest BCUT2D eigenvalue weighted by Crippen LogP contribution is 2.54. The zero-order valence-electron chi connectivity index (χ0n) is 11.0. The van der Waals surface area contributed by atoms with Crippen LogP contribution < -0.4 is 0 Å². The van der Waals surface area contributed by atoms with Gasteiger partial charge in [0, 0.05) is 0 Å². The van der Waals surface area contributed by atoms with Crippen LogP contribution in [0.15, 0.2) is 0 Å². The van der Waals surface area contributed by atoms with E-state index in [1.165, 1.54) is 0 Å². The predicted molar refractivity (Wildman–Crippen MR) is 65.5 cm³/mol. The summed E-state index contributed by atoms with van der Waals surface area (Å²) in [5.41, 5.74) is -0.653. The van der Waals surface area contributed by atoms with Crippen molar-refractivity contribution < 1.29 is 15.0 Å². The Morgan fingerprint density at radius 1 is 1.29 bits per heavy atom. The van der Waals surface area contributed by atoms with Gasteiger partial charge in [-0.2, -0.15) is 0 Å². The van der Waals surface area contributed by atoms with Gasteiger partial charge >= 0.3 is 5.97 Å². The van der Waals surface area contributed by atoms with Crippen LogP contribution in [0.3, 0.4) is 0 Å². The van der Waals surface area contributed by atoms with E-state index < -0.39 is 11.6 Å². The molecule has 0 spiro atoms. The lowest BCUT2D eigenvalue weighted by Gasteiger charge is -2.46. The summed E-state index contributed by atoms with van der Waals surface area (Å²) in [6.45, 7) is 6.25. The molecule has 3 heteroatoms. The fourth-order valence-electron chi connectivity index (χ4n) is 4.25. The molecule has 98 valence electrons. The van der Waals surface area contributed by atoms with Crippen LogP contribution in [-0.2, 0) is 4.79 Å². The second-order valence-corrected chi connectivity index (χ2v) is 6.51. The lowest BCUT2D eigenvalue weighted by molar-refractivity contribution is -0.147. The van der Waals surface area contributed by atoms with Gasteiger partial charge in [0.15, 0.2) is 0 Å². The van der Waals surface area contributed by atoms with Crippen molar-refractivity contribution in [3.05, 3.63) is 0 Å². The van der Waals surface area contributed by atoms with Crippen LogP contribution >= 0.6 is 0 Å². The van der Waals surface area contributed by atoms with Crippen molar-refractivity contribution >= 4 is 5.97 Å². The summed E-state index contributed by atoms with van der Waals surface area (Å²) >= 11 is 0. The van der Waals surface area contributed by atoms with E-state index in [4.69, 9.17) is 0 Å². The van der Waals surface area contributed by atoms with Crippen LogP contribution in [-0.4, -0.2) is 21.8 Å². The van der Waals surface area contributed by atoms with E-state index in [1.807, 2.05) is 6.92 Å². The highest BCUT2D eigenvalue weighted by Gasteiger charge is 2.54. The summed E-state index contributed by atoms with van der Waals surface area (Å²) in [4.78, 5) is 11.4. The maximum atomic E-state index is 11.4. The highest BCUT2D eigenvalue weighted by atomic mass is 16.4. The maximum absolute atomic E-state index is 11.4. The monoisotopic (exact) mass is 240 g/mol. The lowest BCUT2D eigenvalue weighted by atomic mass is 9.61. The van der Waals surface area contributed by atoms with E-state index >= 15 is 0 Å². The molecule has 0 saturated heterocycles. The minimum absolute atomic E-state index is 0.177. The summed E-state index contributed by atoms with van der Waals surface area (Å²) in [5.74, 6) is 0.434. The van der Waals surface area contributed by atoms with Gasteiger partial charge in [-0.3, -0.25) is 4.79 Å². The highest BCUT2D eigenvalue weighted by molar-refractivity contribution is 5.71. The Kier molecular flexibility index (Phi) is 3.23. The number of aliphatic carboxylic acids is 1. The van der Waals surface area contributed by atoms with Crippen molar-refractivity contribution in [1.82, 2.24) is 0 Å². The molecule has 2 saturated carbocycles. The molecule has 0 amide bonds. The third-order valence-corrected chi connectivity index (χ3v) is 5.17. The number of aliphatic hydroxyl groups is 1. The van der Waals surface area contributed by atoms with Crippen LogP contribution in [0.4, 0.5) is 0 Å². The number of carboxylic acids is 1. The SMILES string of the molecule is CC(C)[C@@H]1CC[C@@](C)(O)[C@@H]2CC[C@H](C(=O)O)[C@H]21. The Labute approximate surface area is 103 Å². The molecule has 3 nitrogen and oxygen atoms in total. The largest absolute Gasteiger partial charge is 0.481 e. The van der Waals surface area contributed by atoms with E-state index in [9.17, 15) is 15.0 Å². The Hall–Kier alpha value is -0.570. The Balaban J connectivity index is 2.28. The minimum atomic E-state index is -0.666. The van der Waals surface area contributed by atoms with Crippen molar-refractivity contribution in [2.75, 3.05) is 0 Å². The summed E-state index contributed by atoms with van der Waals surface area (Å²) in [6.07, 6.45) is 3.40. The fourth-order valence-corrected chi connectivity index (χ4v) is 4.25. The van der Waals surface area contributed by atoms with Gasteiger partial charge in [-0.15, -0.1) is 0 Å². The number of rotatable bonds is 2. The molecule has 0 aromatic heterocycles. The van der Waals surface area contributed by atoms with Crippen LogP contribution in [0.1, 0.15) is 46.5 Å². The lowest BCUT2D eigenvalue weighted by Crippen LogP contribution is -2.47. The van der Waals surface area contributed by atoms with E-state index in [0.29, 0.717) is 11.8 Å². The van der Waals surface area contributed by atoms with E-state index in [2.05, 4.69) is 13.8 Å². The molecular weight excluding hydrogens is 216 g/mol. The van der Waals surface area contributed by atoms with Crippen molar-refractivity contribution in [2.45, 2.75) is 52.1 Å². The van der Waals surface area contributed by atoms with Crippen molar-refractivity contribution in [3.63, 3.8) is 0 Å². The molecule has 0 radical (unpaired) electrons. The van der Waals surface area contributed by atoms with Crippen molar-refractivity contribution in [2.24, 2.45) is 29.6 Å². The van der Waals surface area contributed by atoms with Gasteiger partial charge in [0.1, 0.15) is 0 Å². The third kappa shape index (κ3) is 2.10. The van der Waals surface area contributed by atoms with Crippen LogP contribution in [0.25, 0.3) is 0 Å². The normalized spacial score (nSPS) is 45.9. The molecule has 0 bridgehead atoms. The molecule has 2 N–H and O–H groups in total. The molecule has 0 aliphatic heterocycles. The predicted octanol–water partition coefficient (Wildman–Crippen LogP) is 2.53. The number of fused-ring (bicyclic) bond motifs is 1. The number of carboxylic acid groups (broad SMARTS) is 1. The van der Waals surface area contributed by atoms with Gasteiger partial charge in [0.2, 0.25) is 0 Å². The van der Waals surface area contributed by atoms with Crippen LogP contribution in [0.2, 0.25) is 0 Å².